The van der Waals surface area contributed by atoms with Crippen LogP contribution in [0.3, 0.4) is 0 Å². The second kappa shape index (κ2) is 14.2. The van der Waals surface area contributed by atoms with Gasteiger partial charge >= 0.3 is 0 Å². The molecule has 245 valence electrons. The first-order valence-electron chi connectivity index (χ1n) is 19.1. The minimum Gasteiger partial charge on any atom is -0.769 e. The van der Waals surface area contributed by atoms with E-state index in [4.69, 9.17) is 16.9 Å². The Morgan fingerprint density at radius 2 is 2.05 bits per heavy atom. The molecule has 1 aromatic heterocycles. The van der Waals surface area contributed by atoms with E-state index in [0.29, 0.717) is 36.4 Å². The van der Waals surface area contributed by atoms with Crippen molar-refractivity contribution < 1.29 is 31.7 Å². The van der Waals surface area contributed by atoms with Crippen LogP contribution in [0.5, 0.6) is 0 Å². The SMILES string of the molecule is C[C@H]1C[C-]=C(C2=C[C@H](C)[C@H](C)C[N-]2)CC1.[2H]C([2H])([2H])C1=NC2OC3=C([C@H]4Cc5cc(C([2H])([2H])C(C)(C)C)sc5C[N-]4)[CH-]CCC3C2CC1.[Ir]. The Kier molecular flexibility index (Phi) is 8.96. The molecule has 6 aliphatic rings. The average molecular weight is 797 g/mol. The van der Waals surface area contributed by atoms with Crippen molar-refractivity contribution in [3.05, 3.63) is 73.2 Å². The maximum atomic E-state index is 8.65. The van der Waals surface area contributed by atoms with Crippen LogP contribution in [-0.4, -0.2) is 24.5 Å². The topological polar surface area (TPSA) is 49.8 Å². The summed E-state index contributed by atoms with van der Waals surface area (Å²) >= 11 is 1.56. The third-order valence-electron chi connectivity index (χ3n) is 9.94. The number of fused-ring (bicyclic) bond motifs is 4. The molecule has 0 spiro atoms. The van der Waals surface area contributed by atoms with E-state index in [1.807, 2.05) is 20.8 Å². The number of rotatable bonds is 3. The number of thiophene rings is 1. The van der Waals surface area contributed by atoms with E-state index in [0.717, 1.165) is 60.8 Å². The first-order valence-corrected chi connectivity index (χ1v) is 17.4. The molecule has 0 N–H and O–H groups in total. The molecule has 4 nitrogen and oxygen atoms in total. The average Bonchev–Trinajstić information content (AvgIpc) is 3.63. The van der Waals surface area contributed by atoms with Crippen molar-refractivity contribution in [3.8, 4) is 0 Å². The summed E-state index contributed by atoms with van der Waals surface area (Å²) in [5.74, 6) is 3.71. The van der Waals surface area contributed by atoms with E-state index < -0.39 is 18.6 Å². The molecule has 7 atom stereocenters. The van der Waals surface area contributed by atoms with Gasteiger partial charge in [-0.1, -0.05) is 72.6 Å². The standard InChI is InChI=1S/C24H32N2OS.C14H21N.Ir/c1-14-8-9-18-17-6-5-7-19(22(17)27-23(18)26-14)20-11-15-10-16(12-24(2,3)4)28-21(15)13-25-20;1-10-4-6-13(7-5-10)14-8-11(2)12(3)9-15-14;/h7,10,17-18,20,23H,5-6,8-9,11-13H2,1-4H3;8,10-12H,4-6,9H2,1-3H3;/q2*-2;/t17?,18?,20-,23?;10-,11+,12-;/m11./s1/i1D3,12D2;;. The summed E-state index contributed by atoms with van der Waals surface area (Å²) in [5.41, 5.74) is 4.78. The van der Waals surface area contributed by atoms with Gasteiger partial charge in [-0.25, -0.2) is 12.0 Å². The normalized spacial score (nSPS) is 35.2. The van der Waals surface area contributed by atoms with Crippen molar-refractivity contribution >= 4 is 17.0 Å². The summed E-state index contributed by atoms with van der Waals surface area (Å²) in [6.07, 6.45) is 14.0. The summed E-state index contributed by atoms with van der Waals surface area (Å²) in [6.45, 7) is 12.2. The van der Waals surface area contributed by atoms with Crippen LogP contribution in [0.1, 0.15) is 116 Å². The number of allylic oxidation sites excluding steroid dienone is 4. The fraction of sp³-hybridized carbons (Fsp3) is 0.684. The molecule has 1 radical (unpaired) electrons. The van der Waals surface area contributed by atoms with Crippen LogP contribution < -0.4 is 0 Å². The Bertz CT molecular complexity index is 1490. The third-order valence-corrected chi connectivity index (χ3v) is 11.0. The minimum absolute atomic E-state index is 0. The van der Waals surface area contributed by atoms with E-state index in [1.54, 1.807) is 11.3 Å². The Balaban J connectivity index is 0.000000246. The van der Waals surface area contributed by atoms with Gasteiger partial charge in [0.2, 0.25) is 0 Å². The smallest absolute Gasteiger partial charge is 0.171 e. The Morgan fingerprint density at radius 3 is 2.77 bits per heavy atom. The summed E-state index contributed by atoms with van der Waals surface area (Å²) in [6, 6.07) is 2.06. The van der Waals surface area contributed by atoms with Crippen molar-refractivity contribution in [2.45, 2.75) is 125 Å². The van der Waals surface area contributed by atoms with Crippen LogP contribution in [0.2, 0.25) is 0 Å². The molecule has 6 heteroatoms. The van der Waals surface area contributed by atoms with E-state index in [1.165, 1.54) is 34.6 Å². The van der Waals surface area contributed by atoms with Gasteiger partial charge < -0.3 is 21.1 Å². The van der Waals surface area contributed by atoms with Crippen molar-refractivity contribution in [1.82, 2.24) is 0 Å². The maximum Gasteiger partial charge on any atom is 0.171 e. The summed E-state index contributed by atoms with van der Waals surface area (Å²) in [4.78, 5) is 6.47. The largest absolute Gasteiger partial charge is 0.769 e. The Hall–Kier alpha value is -1.33. The Morgan fingerprint density at radius 1 is 1.20 bits per heavy atom. The fourth-order valence-corrected chi connectivity index (χ4v) is 8.41. The van der Waals surface area contributed by atoms with Crippen LogP contribution in [0.25, 0.3) is 10.6 Å². The molecular weight excluding hydrogens is 739 g/mol. The quantitative estimate of drug-likeness (QED) is 0.281. The molecule has 44 heavy (non-hydrogen) atoms. The molecule has 2 aliphatic carbocycles. The van der Waals surface area contributed by atoms with E-state index in [9.17, 15) is 0 Å². The zero-order valence-corrected chi connectivity index (χ0v) is 30.5. The molecule has 7 rings (SSSR count). The first kappa shape index (κ1) is 27.8. The van der Waals surface area contributed by atoms with Crippen molar-refractivity contribution in [2.75, 3.05) is 6.54 Å². The van der Waals surface area contributed by atoms with Crippen molar-refractivity contribution in [3.63, 3.8) is 0 Å². The van der Waals surface area contributed by atoms with Crippen LogP contribution in [0.15, 0.2) is 39.7 Å². The molecule has 3 unspecified atom stereocenters. The predicted octanol–water partition coefficient (Wildman–Crippen LogP) is 10.3. The van der Waals surface area contributed by atoms with Crippen LogP contribution in [0, 0.1) is 47.5 Å². The van der Waals surface area contributed by atoms with Gasteiger partial charge in [0.15, 0.2) is 6.23 Å². The van der Waals surface area contributed by atoms with Crippen LogP contribution >= 0.6 is 11.3 Å². The van der Waals surface area contributed by atoms with Gasteiger partial charge in [-0.2, -0.15) is 11.6 Å². The zero-order valence-electron chi connectivity index (χ0n) is 32.3. The zero-order chi connectivity index (χ0) is 34.6. The number of nitrogens with zero attached hydrogens (tertiary/aromatic N) is 3. The van der Waals surface area contributed by atoms with Crippen molar-refractivity contribution in [1.29, 1.82) is 0 Å². The van der Waals surface area contributed by atoms with Crippen LogP contribution in [0.4, 0.5) is 0 Å². The van der Waals surface area contributed by atoms with Gasteiger partial charge in [0, 0.05) is 43.5 Å². The van der Waals surface area contributed by atoms with Gasteiger partial charge in [-0.3, -0.25) is 11.1 Å². The molecule has 0 saturated carbocycles. The summed E-state index contributed by atoms with van der Waals surface area (Å²) < 4.78 is 46.8. The fourth-order valence-electron chi connectivity index (χ4n) is 7.18. The molecule has 1 saturated heterocycles. The number of hydrogen-bond donors (Lipinski definition) is 0. The Labute approximate surface area is 292 Å². The monoisotopic (exact) mass is 797 g/mol. The minimum atomic E-state index is -2.14. The van der Waals surface area contributed by atoms with Gasteiger partial charge in [-0.15, -0.1) is 43.3 Å². The van der Waals surface area contributed by atoms with E-state index >= 15 is 0 Å². The predicted molar refractivity (Wildman–Crippen MR) is 181 cm³/mol. The van der Waals surface area contributed by atoms with Crippen LogP contribution in [-0.2, 0) is 44.2 Å². The van der Waals surface area contributed by atoms with Gasteiger partial charge in [0.25, 0.3) is 0 Å². The molecule has 1 aromatic rings. The molecule has 5 heterocycles. The van der Waals surface area contributed by atoms with Gasteiger partial charge in [0.05, 0.1) is 0 Å². The van der Waals surface area contributed by atoms with E-state index in [-0.39, 0.29) is 38.3 Å². The molecule has 0 bridgehead atoms. The molecule has 4 aliphatic heterocycles. The summed E-state index contributed by atoms with van der Waals surface area (Å²) in [5, 5.41) is 9.65. The number of aliphatic imine (C=N–C) groups is 1. The molecular formula is C38H53IrN3OS-4. The summed E-state index contributed by atoms with van der Waals surface area (Å²) in [7, 11) is 0. The molecule has 0 aromatic carbocycles. The van der Waals surface area contributed by atoms with E-state index in [2.05, 4.69) is 55.7 Å². The number of hydrogen-bond acceptors (Lipinski definition) is 3. The first-order chi connectivity index (χ1) is 22.5. The molecule has 1 fully saturated rings. The second-order valence-corrected chi connectivity index (χ2v) is 15.9. The van der Waals surface area contributed by atoms with Gasteiger partial charge in [0.1, 0.15) is 0 Å². The van der Waals surface area contributed by atoms with Crippen molar-refractivity contribution in [2.24, 2.45) is 40.0 Å². The maximum absolute atomic E-state index is 8.65. The number of ether oxygens (including phenoxy) is 1. The van der Waals surface area contributed by atoms with Gasteiger partial charge in [-0.05, 0) is 72.0 Å². The third kappa shape index (κ3) is 7.78. The molecule has 0 amide bonds. The second-order valence-electron chi connectivity index (χ2n) is 14.7.